The normalized spacial score (nSPS) is 15.9. The molecule has 11 rings (SSSR count). The van der Waals surface area contributed by atoms with Crippen LogP contribution in [0.25, 0.3) is 55.3 Å². The summed E-state index contributed by atoms with van der Waals surface area (Å²) in [5.74, 6) is 0. The molecular formula is C54H47NO. The summed E-state index contributed by atoms with van der Waals surface area (Å²) in [6.07, 6.45) is 4.94. The van der Waals surface area contributed by atoms with Crippen molar-refractivity contribution in [3.63, 3.8) is 0 Å². The molecule has 0 bridgehead atoms. The van der Waals surface area contributed by atoms with E-state index >= 15 is 0 Å². The third-order valence-electron chi connectivity index (χ3n) is 13.6. The van der Waals surface area contributed by atoms with Gasteiger partial charge >= 0.3 is 0 Å². The average Bonchev–Trinajstić information content (AvgIpc) is 3.97. The van der Waals surface area contributed by atoms with Gasteiger partial charge in [0.1, 0.15) is 11.2 Å². The number of rotatable bonds is 4. The third kappa shape index (κ3) is 4.62. The van der Waals surface area contributed by atoms with Gasteiger partial charge in [-0.05, 0) is 93.1 Å². The minimum atomic E-state index is -0.120. The molecule has 3 aliphatic carbocycles. The lowest BCUT2D eigenvalue weighted by Crippen LogP contribution is -2.21. The van der Waals surface area contributed by atoms with Gasteiger partial charge in [-0.25, -0.2) is 0 Å². The van der Waals surface area contributed by atoms with E-state index in [-0.39, 0.29) is 16.2 Å². The first-order chi connectivity index (χ1) is 27.1. The zero-order valence-electron chi connectivity index (χ0n) is 33.0. The summed E-state index contributed by atoms with van der Waals surface area (Å²) in [5.41, 5.74) is 20.0. The molecule has 56 heavy (non-hydrogen) atoms. The van der Waals surface area contributed by atoms with Crippen LogP contribution in [0.5, 0.6) is 0 Å². The number of furan rings is 1. The standard InChI is InChI=1S/C54H47NO/c1-52(2,3)46-24-15-21-43-42-20-14-19-41(50(42)56-51(43)46)40-18-8-11-25-49(40)55(34-26-28-38-36-16-6-9-22-44(36)53(4,5)47(38)32-34)35-27-29-39-37-17-7-10-23-45(37)54(48(39)33-35)30-12-13-31-54/h6-11,14-29,32-33H,12-13,30-31H2,1-5H3. The molecule has 1 aromatic heterocycles. The lowest BCUT2D eigenvalue weighted by atomic mass is 9.76. The zero-order valence-corrected chi connectivity index (χ0v) is 33.0. The molecule has 7 aromatic carbocycles. The molecule has 3 aliphatic rings. The van der Waals surface area contributed by atoms with Crippen LogP contribution in [-0.4, -0.2) is 0 Å². The molecule has 1 fully saturated rings. The number of para-hydroxylation sites is 3. The average molecular weight is 726 g/mol. The predicted octanol–water partition coefficient (Wildman–Crippen LogP) is 15.2. The van der Waals surface area contributed by atoms with E-state index < -0.39 is 0 Å². The second-order valence-electron chi connectivity index (χ2n) is 18.0. The molecule has 1 saturated carbocycles. The van der Waals surface area contributed by atoms with Crippen molar-refractivity contribution in [1.29, 1.82) is 0 Å². The van der Waals surface area contributed by atoms with Crippen molar-refractivity contribution in [2.45, 2.75) is 76.5 Å². The van der Waals surface area contributed by atoms with Crippen LogP contribution in [0, 0.1) is 0 Å². The van der Waals surface area contributed by atoms with Crippen molar-refractivity contribution >= 4 is 39.0 Å². The predicted molar refractivity (Wildman–Crippen MR) is 235 cm³/mol. The Hall–Kier alpha value is -5.86. The molecule has 0 atom stereocenters. The van der Waals surface area contributed by atoms with E-state index in [1.165, 1.54) is 92.5 Å². The molecule has 0 aliphatic heterocycles. The van der Waals surface area contributed by atoms with Crippen molar-refractivity contribution in [1.82, 2.24) is 0 Å². The number of fused-ring (bicyclic) bond motifs is 11. The third-order valence-corrected chi connectivity index (χ3v) is 13.6. The smallest absolute Gasteiger partial charge is 0.143 e. The number of hydrogen-bond acceptors (Lipinski definition) is 2. The van der Waals surface area contributed by atoms with Gasteiger partial charge in [-0.3, -0.25) is 0 Å². The molecule has 0 amide bonds. The van der Waals surface area contributed by atoms with Crippen molar-refractivity contribution in [3.05, 3.63) is 173 Å². The first-order valence-corrected chi connectivity index (χ1v) is 20.5. The Labute approximate surface area is 330 Å². The van der Waals surface area contributed by atoms with Crippen molar-refractivity contribution < 1.29 is 4.42 Å². The van der Waals surface area contributed by atoms with Gasteiger partial charge in [-0.15, -0.1) is 0 Å². The van der Waals surface area contributed by atoms with Gasteiger partial charge in [-0.1, -0.05) is 163 Å². The van der Waals surface area contributed by atoms with E-state index in [2.05, 4.69) is 185 Å². The first-order valence-electron chi connectivity index (χ1n) is 20.5. The summed E-state index contributed by atoms with van der Waals surface area (Å²) in [6.45, 7) is 11.6. The molecule has 274 valence electrons. The van der Waals surface area contributed by atoms with Gasteiger partial charge in [0.25, 0.3) is 0 Å². The van der Waals surface area contributed by atoms with Crippen LogP contribution in [-0.2, 0) is 16.2 Å². The quantitative estimate of drug-likeness (QED) is 0.180. The minimum absolute atomic E-state index is 0.0484. The first kappa shape index (κ1) is 33.5. The van der Waals surface area contributed by atoms with Gasteiger partial charge in [0.2, 0.25) is 0 Å². The number of benzene rings is 7. The van der Waals surface area contributed by atoms with E-state index in [9.17, 15) is 0 Å². The second kappa shape index (κ2) is 11.8. The lowest BCUT2D eigenvalue weighted by Gasteiger charge is -2.32. The molecule has 2 nitrogen and oxygen atoms in total. The summed E-state index contributed by atoms with van der Waals surface area (Å²) in [6, 6.07) is 54.8. The highest BCUT2D eigenvalue weighted by Gasteiger charge is 2.45. The van der Waals surface area contributed by atoms with E-state index in [0.717, 1.165) is 33.4 Å². The van der Waals surface area contributed by atoms with Crippen LogP contribution in [0.15, 0.2) is 150 Å². The summed E-state index contributed by atoms with van der Waals surface area (Å²) < 4.78 is 7.01. The van der Waals surface area contributed by atoms with Crippen LogP contribution in [0.2, 0.25) is 0 Å². The Kier molecular flexibility index (Phi) is 7.07. The highest BCUT2D eigenvalue weighted by Crippen LogP contribution is 2.58. The van der Waals surface area contributed by atoms with Crippen LogP contribution >= 0.6 is 0 Å². The highest BCUT2D eigenvalue weighted by molar-refractivity contribution is 6.11. The fourth-order valence-corrected chi connectivity index (χ4v) is 10.9. The van der Waals surface area contributed by atoms with Crippen molar-refractivity contribution in [2.24, 2.45) is 0 Å². The summed E-state index contributed by atoms with van der Waals surface area (Å²) in [4.78, 5) is 2.53. The van der Waals surface area contributed by atoms with Crippen LogP contribution in [0.3, 0.4) is 0 Å². The maximum absolute atomic E-state index is 7.01. The Morgan fingerprint density at radius 1 is 0.482 bits per heavy atom. The van der Waals surface area contributed by atoms with Crippen LogP contribution < -0.4 is 4.90 Å². The van der Waals surface area contributed by atoms with E-state index in [0.29, 0.717) is 0 Å². The fourth-order valence-electron chi connectivity index (χ4n) is 10.9. The Bertz CT molecular complexity index is 2890. The largest absolute Gasteiger partial charge is 0.455 e. The lowest BCUT2D eigenvalue weighted by molar-refractivity contribution is 0.550. The molecule has 2 heteroatoms. The van der Waals surface area contributed by atoms with E-state index in [4.69, 9.17) is 4.42 Å². The molecule has 1 heterocycles. The minimum Gasteiger partial charge on any atom is -0.455 e. The monoisotopic (exact) mass is 725 g/mol. The maximum atomic E-state index is 7.01. The molecule has 0 radical (unpaired) electrons. The Morgan fingerprint density at radius 2 is 1.02 bits per heavy atom. The SMILES string of the molecule is CC(C)(C)c1cccc2c1oc1c(-c3ccccc3N(c3ccc4c(c3)C(C)(C)c3ccccc3-4)c3ccc4c(c3)C3(CCCC3)c3ccccc3-4)cccc12. The molecule has 0 unspecified atom stereocenters. The molecule has 8 aromatic rings. The second-order valence-corrected chi connectivity index (χ2v) is 18.0. The summed E-state index contributed by atoms with van der Waals surface area (Å²) >= 11 is 0. The van der Waals surface area contributed by atoms with Crippen LogP contribution in [0.4, 0.5) is 17.1 Å². The fraction of sp³-hybridized carbons (Fsp3) is 0.222. The molecule has 1 spiro atoms. The number of nitrogens with zero attached hydrogens (tertiary/aromatic N) is 1. The van der Waals surface area contributed by atoms with Gasteiger partial charge in [0, 0.05) is 49.7 Å². The highest BCUT2D eigenvalue weighted by atomic mass is 16.3. The summed E-state index contributed by atoms with van der Waals surface area (Å²) in [7, 11) is 0. The molecule has 0 saturated heterocycles. The topological polar surface area (TPSA) is 16.4 Å². The van der Waals surface area contributed by atoms with Crippen molar-refractivity contribution in [2.75, 3.05) is 4.90 Å². The van der Waals surface area contributed by atoms with E-state index in [1.54, 1.807) is 0 Å². The van der Waals surface area contributed by atoms with Crippen molar-refractivity contribution in [3.8, 4) is 33.4 Å². The number of hydrogen-bond donors (Lipinski definition) is 0. The van der Waals surface area contributed by atoms with E-state index in [1.807, 2.05) is 0 Å². The van der Waals surface area contributed by atoms with Gasteiger partial charge in [0.05, 0.1) is 5.69 Å². The van der Waals surface area contributed by atoms with Gasteiger partial charge < -0.3 is 9.32 Å². The zero-order chi connectivity index (χ0) is 38.0. The van der Waals surface area contributed by atoms with Crippen LogP contribution in [0.1, 0.15) is 88.1 Å². The Balaban J connectivity index is 1.16. The molecular weight excluding hydrogens is 679 g/mol. The van der Waals surface area contributed by atoms with Gasteiger partial charge in [0.15, 0.2) is 0 Å². The van der Waals surface area contributed by atoms with Gasteiger partial charge in [-0.2, -0.15) is 0 Å². The molecule has 0 N–H and O–H groups in total. The maximum Gasteiger partial charge on any atom is 0.143 e. The Morgan fingerprint density at radius 3 is 1.73 bits per heavy atom. The number of anilines is 3. The summed E-state index contributed by atoms with van der Waals surface area (Å²) in [5, 5.41) is 2.32.